The average molecular weight is 633 g/mol. The summed E-state index contributed by atoms with van der Waals surface area (Å²) in [6, 6.07) is 51.0. The first-order chi connectivity index (χ1) is 23.8. The normalized spacial score (nSPS) is 13.1. The van der Waals surface area contributed by atoms with Crippen LogP contribution in [0.1, 0.15) is 50.1 Å². The van der Waals surface area contributed by atoms with Gasteiger partial charge in [0.2, 0.25) is 0 Å². The maximum absolute atomic E-state index is 4.29. The first-order valence-electron chi connectivity index (χ1n) is 17.1. The Morgan fingerprint density at radius 1 is 0.612 bits per heavy atom. The Bertz CT molecular complexity index is 2370. The number of fused-ring (bicyclic) bond motifs is 4. The smallest absolute Gasteiger partial charge is 0.0465 e. The highest BCUT2D eigenvalue weighted by atomic mass is 15.1. The Hall–Kier alpha value is -5.86. The molecule has 0 bridgehead atoms. The zero-order chi connectivity index (χ0) is 33.7. The standard InChI is InChI=1S/C47H40N2/c1-6-12-45-46(31(2)3)41-29-35(21-28-44(41)48-45)34-19-24-37(25-20-34)49(36-22-17-33(18-23-36)32-13-8-7-9-14-32)38-26-27-40-39-15-10-11-16-42(39)47(4,5)43(40)30-38/h6-30,48H,2H2,1,3-5H3. The van der Waals surface area contributed by atoms with Gasteiger partial charge in [0.15, 0.2) is 0 Å². The van der Waals surface area contributed by atoms with Gasteiger partial charge in [-0.2, -0.15) is 0 Å². The Morgan fingerprint density at radius 3 is 1.86 bits per heavy atom. The van der Waals surface area contributed by atoms with Gasteiger partial charge in [-0.1, -0.05) is 117 Å². The Balaban J connectivity index is 1.22. The van der Waals surface area contributed by atoms with E-state index in [-0.39, 0.29) is 5.41 Å². The molecule has 1 aromatic heterocycles. The van der Waals surface area contributed by atoms with E-state index < -0.39 is 0 Å². The van der Waals surface area contributed by atoms with E-state index in [9.17, 15) is 0 Å². The van der Waals surface area contributed by atoms with Crippen LogP contribution < -0.4 is 4.90 Å². The van der Waals surface area contributed by atoms with Crippen LogP contribution in [0.25, 0.3) is 55.9 Å². The molecule has 6 aromatic carbocycles. The second kappa shape index (κ2) is 12.0. The average Bonchev–Trinajstić information content (AvgIpc) is 3.61. The first-order valence-corrected chi connectivity index (χ1v) is 17.1. The number of anilines is 3. The van der Waals surface area contributed by atoms with Gasteiger partial charge in [-0.05, 0) is 119 Å². The van der Waals surface area contributed by atoms with E-state index in [1.807, 2.05) is 6.92 Å². The number of H-pyrrole nitrogens is 1. The molecule has 0 spiro atoms. The van der Waals surface area contributed by atoms with Crippen LogP contribution in [0.15, 0.2) is 152 Å². The van der Waals surface area contributed by atoms with Crippen molar-refractivity contribution in [2.24, 2.45) is 0 Å². The third kappa shape index (κ3) is 5.21. The molecule has 49 heavy (non-hydrogen) atoms. The minimum absolute atomic E-state index is 0.0824. The van der Waals surface area contributed by atoms with Crippen molar-refractivity contribution < 1.29 is 0 Å². The third-order valence-electron chi connectivity index (χ3n) is 10.1. The van der Waals surface area contributed by atoms with Gasteiger partial charge in [0, 0.05) is 44.6 Å². The fourth-order valence-corrected chi connectivity index (χ4v) is 7.66. The lowest BCUT2D eigenvalue weighted by Gasteiger charge is -2.28. The van der Waals surface area contributed by atoms with Crippen LogP contribution in [0.4, 0.5) is 17.1 Å². The quantitative estimate of drug-likeness (QED) is 0.185. The fourth-order valence-electron chi connectivity index (χ4n) is 7.66. The molecule has 0 radical (unpaired) electrons. The molecule has 8 rings (SSSR count). The molecule has 0 aliphatic heterocycles. The number of nitrogens with zero attached hydrogens (tertiary/aromatic N) is 1. The molecule has 7 aromatic rings. The van der Waals surface area contributed by atoms with Crippen LogP contribution in [0.5, 0.6) is 0 Å². The lowest BCUT2D eigenvalue weighted by molar-refractivity contribution is 0.660. The van der Waals surface area contributed by atoms with Gasteiger partial charge in [-0.25, -0.2) is 0 Å². The van der Waals surface area contributed by atoms with Crippen molar-refractivity contribution in [3.63, 3.8) is 0 Å². The summed E-state index contributed by atoms with van der Waals surface area (Å²) in [6.07, 6.45) is 4.19. The highest BCUT2D eigenvalue weighted by Gasteiger charge is 2.35. The molecule has 1 aliphatic carbocycles. The van der Waals surface area contributed by atoms with Crippen molar-refractivity contribution in [2.45, 2.75) is 33.1 Å². The lowest BCUT2D eigenvalue weighted by Crippen LogP contribution is -2.16. The van der Waals surface area contributed by atoms with E-state index in [1.165, 1.54) is 55.5 Å². The summed E-state index contributed by atoms with van der Waals surface area (Å²) in [4.78, 5) is 5.96. The predicted octanol–water partition coefficient (Wildman–Crippen LogP) is 13.3. The number of aromatic nitrogens is 1. The van der Waals surface area contributed by atoms with Crippen LogP contribution in [0, 0.1) is 0 Å². The van der Waals surface area contributed by atoms with Gasteiger partial charge in [0.25, 0.3) is 0 Å². The molecule has 0 saturated heterocycles. The van der Waals surface area contributed by atoms with Crippen molar-refractivity contribution >= 4 is 39.6 Å². The van der Waals surface area contributed by atoms with Crippen molar-refractivity contribution in [1.82, 2.24) is 4.98 Å². The fraction of sp³-hybridized carbons (Fsp3) is 0.106. The number of benzene rings is 6. The highest BCUT2D eigenvalue weighted by molar-refractivity contribution is 5.98. The highest BCUT2D eigenvalue weighted by Crippen LogP contribution is 2.50. The Kier molecular flexibility index (Phi) is 7.45. The lowest BCUT2D eigenvalue weighted by atomic mass is 9.82. The van der Waals surface area contributed by atoms with E-state index in [0.717, 1.165) is 33.8 Å². The van der Waals surface area contributed by atoms with Crippen LogP contribution in [0.3, 0.4) is 0 Å². The summed E-state index contributed by atoms with van der Waals surface area (Å²) in [7, 11) is 0. The van der Waals surface area contributed by atoms with Gasteiger partial charge in [-0.3, -0.25) is 0 Å². The van der Waals surface area contributed by atoms with Crippen LogP contribution >= 0.6 is 0 Å². The molecule has 0 amide bonds. The molecule has 238 valence electrons. The number of hydrogen-bond acceptors (Lipinski definition) is 1. The van der Waals surface area contributed by atoms with Gasteiger partial charge in [0.1, 0.15) is 0 Å². The van der Waals surface area contributed by atoms with Gasteiger partial charge in [-0.15, -0.1) is 0 Å². The van der Waals surface area contributed by atoms with Crippen molar-refractivity contribution in [2.75, 3.05) is 4.90 Å². The molecule has 0 atom stereocenters. The largest absolute Gasteiger partial charge is 0.355 e. The molecule has 0 fully saturated rings. The number of hydrogen-bond donors (Lipinski definition) is 1. The minimum Gasteiger partial charge on any atom is -0.355 e. The number of rotatable bonds is 7. The van der Waals surface area contributed by atoms with E-state index in [4.69, 9.17) is 0 Å². The summed E-state index contributed by atoms with van der Waals surface area (Å²) in [6.45, 7) is 13.1. The Morgan fingerprint density at radius 2 is 1.18 bits per heavy atom. The van der Waals surface area contributed by atoms with Crippen molar-refractivity contribution in [3.05, 3.63) is 175 Å². The van der Waals surface area contributed by atoms with Crippen LogP contribution in [-0.2, 0) is 5.41 Å². The monoisotopic (exact) mass is 632 g/mol. The van der Waals surface area contributed by atoms with E-state index in [0.29, 0.717) is 0 Å². The van der Waals surface area contributed by atoms with E-state index in [2.05, 4.69) is 189 Å². The zero-order valence-electron chi connectivity index (χ0n) is 28.6. The molecule has 0 saturated carbocycles. The maximum Gasteiger partial charge on any atom is 0.0465 e. The van der Waals surface area contributed by atoms with Crippen LogP contribution in [0.2, 0.25) is 0 Å². The molecule has 1 aliphatic rings. The Labute approximate surface area is 289 Å². The summed E-state index contributed by atoms with van der Waals surface area (Å²) in [5.74, 6) is 0. The number of allylic oxidation sites excluding steroid dienone is 2. The third-order valence-corrected chi connectivity index (χ3v) is 10.1. The predicted molar refractivity (Wildman–Crippen MR) is 211 cm³/mol. The number of nitrogens with one attached hydrogen (secondary N) is 1. The van der Waals surface area contributed by atoms with Gasteiger partial charge in [0.05, 0.1) is 0 Å². The minimum atomic E-state index is -0.0824. The summed E-state index contributed by atoms with van der Waals surface area (Å²) in [5.41, 5.74) is 18.0. The van der Waals surface area contributed by atoms with Gasteiger partial charge < -0.3 is 9.88 Å². The molecule has 2 heteroatoms. The van der Waals surface area contributed by atoms with E-state index in [1.54, 1.807) is 0 Å². The van der Waals surface area contributed by atoms with Gasteiger partial charge >= 0.3 is 0 Å². The zero-order valence-corrected chi connectivity index (χ0v) is 28.6. The molecule has 1 N–H and O–H groups in total. The number of aromatic amines is 1. The second-order valence-electron chi connectivity index (χ2n) is 13.7. The van der Waals surface area contributed by atoms with Crippen molar-refractivity contribution in [3.8, 4) is 33.4 Å². The summed E-state index contributed by atoms with van der Waals surface area (Å²) >= 11 is 0. The van der Waals surface area contributed by atoms with Crippen LogP contribution in [-0.4, -0.2) is 4.98 Å². The molecule has 1 heterocycles. The molecule has 0 unspecified atom stereocenters. The summed E-state index contributed by atoms with van der Waals surface area (Å²) < 4.78 is 0. The second-order valence-corrected chi connectivity index (χ2v) is 13.7. The maximum atomic E-state index is 4.29. The molecule has 2 nitrogen and oxygen atoms in total. The van der Waals surface area contributed by atoms with E-state index >= 15 is 0 Å². The summed E-state index contributed by atoms with van der Waals surface area (Å²) in [5, 5.41) is 1.20. The SMILES string of the molecule is C=C(C)c1c(C=CC)[nH]c2ccc(-c3ccc(N(c4ccc(-c5ccccc5)cc4)c4ccc5c(c4)C(C)(C)c4ccccc4-5)cc3)cc12. The molecular formula is C47H40N2. The first kappa shape index (κ1) is 30.5. The topological polar surface area (TPSA) is 19.0 Å². The van der Waals surface area contributed by atoms with Crippen molar-refractivity contribution in [1.29, 1.82) is 0 Å². The molecular weight excluding hydrogens is 593 g/mol.